The summed E-state index contributed by atoms with van der Waals surface area (Å²) < 4.78 is 19.1. The molecular formula is C14H18FNO2. The van der Waals surface area contributed by atoms with E-state index in [-0.39, 0.29) is 5.82 Å². The van der Waals surface area contributed by atoms with Gasteiger partial charge in [0.1, 0.15) is 12.1 Å². The number of ether oxygens (including phenoxy) is 1. The molecular weight excluding hydrogens is 233 g/mol. The number of morpholine rings is 1. The van der Waals surface area contributed by atoms with Gasteiger partial charge in [0.2, 0.25) is 0 Å². The number of aldehydes is 1. The van der Waals surface area contributed by atoms with Crippen molar-refractivity contribution < 1.29 is 13.9 Å². The summed E-state index contributed by atoms with van der Waals surface area (Å²) in [4.78, 5) is 12.5. The van der Waals surface area contributed by atoms with Gasteiger partial charge in [-0.3, -0.25) is 4.90 Å². The van der Waals surface area contributed by atoms with Crippen LogP contribution in [0.5, 0.6) is 0 Å². The molecule has 98 valence electrons. The summed E-state index contributed by atoms with van der Waals surface area (Å²) in [5.41, 5.74) is 1.59. The lowest BCUT2D eigenvalue weighted by atomic mass is 10.1. The first-order valence-electron chi connectivity index (χ1n) is 6.30. The van der Waals surface area contributed by atoms with Crippen molar-refractivity contribution in [1.82, 2.24) is 4.90 Å². The van der Waals surface area contributed by atoms with Gasteiger partial charge in [-0.05, 0) is 18.1 Å². The third-order valence-electron chi connectivity index (χ3n) is 3.17. The lowest BCUT2D eigenvalue weighted by Crippen LogP contribution is -2.35. The second kappa shape index (κ2) is 6.61. The van der Waals surface area contributed by atoms with E-state index in [9.17, 15) is 9.18 Å². The van der Waals surface area contributed by atoms with Gasteiger partial charge < -0.3 is 9.53 Å². The normalized spacial score (nSPS) is 16.7. The standard InChI is InChI=1S/C14H18FNO2/c15-14-10-12(2-1-7-17)3-4-13(14)11-16-5-8-18-9-6-16/h3-4,7,10H,1-2,5-6,8-9,11H2. The minimum absolute atomic E-state index is 0.176. The van der Waals surface area contributed by atoms with Crippen LogP contribution in [0.4, 0.5) is 4.39 Å². The Morgan fingerprint density at radius 1 is 1.33 bits per heavy atom. The summed E-state index contributed by atoms with van der Waals surface area (Å²) >= 11 is 0. The molecule has 2 rings (SSSR count). The van der Waals surface area contributed by atoms with Gasteiger partial charge in [0.05, 0.1) is 13.2 Å². The van der Waals surface area contributed by atoms with Crippen molar-refractivity contribution in [3.8, 4) is 0 Å². The van der Waals surface area contributed by atoms with E-state index in [4.69, 9.17) is 4.74 Å². The summed E-state index contributed by atoms with van der Waals surface area (Å²) in [7, 11) is 0. The van der Waals surface area contributed by atoms with Gasteiger partial charge in [-0.25, -0.2) is 4.39 Å². The Labute approximate surface area is 107 Å². The zero-order valence-electron chi connectivity index (χ0n) is 10.4. The van der Waals surface area contributed by atoms with Crippen molar-refractivity contribution in [2.24, 2.45) is 0 Å². The summed E-state index contributed by atoms with van der Waals surface area (Å²) in [6, 6.07) is 5.27. The van der Waals surface area contributed by atoms with Gasteiger partial charge in [-0.15, -0.1) is 0 Å². The first-order valence-corrected chi connectivity index (χ1v) is 6.30. The number of hydrogen-bond acceptors (Lipinski definition) is 3. The third-order valence-corrected chi connectivity index (χ3v) is 3.17. The Morgan fingerprint density at radius 3 is 2.78 bits per heavy atom. The van der Waals surface area contributed by atoms with Gasteiger partial charge in [0.25, 0.3) is 0 Å². The second-order valence-electron chi connectivity index (χ2n) is 4.52. The van der Waals surface area contributed by atoms with Crippen molar-refractivity contribution in [1.29, 1.82) is 0 Å². The smallest absolute Gasteiger partial charge is 0.127 e. The SMILES string of the molecule is O=CCCc1ccc(CN2CCOCC2)c(F)c1. The first kappa shape index (κ1) is 13.2. The van der Waals surface area contributed by atoms with Crippen LogP contribution in [0, 0.1) is 5.82 Å². The Bertz CT molecular complexity index is 403. The molecule has 0 amide bonds. The van der Waals surface area contributed by atoms with Crippen LogP contribution in [0.3, 0.4) is 0 Å². The van der Waals surface area contributed by atoms with E-state index in [0.29, 0.717) is 24.9 Å². The highest BCUT2D eigenvalue weighted by Gasteiger charge is 2.13. The quantitative estimate of drug-likeness (QED) is 0.747. The summed E-state index contributed by atoms with van der Waals surface area (Å²) in [5, 5.41) is 0. The molecule has 1 aromatic rings. The highest BCUT2D eigenvalue weighted by atomic mass is 19.1. The molecule has 0 radical (unpaired) electrons. The van der Waals surface area contributed by atoms with Crippen molar-refractivity contribution in [2.75, 3.05) is 26.3 Å². The minimum Gasteiger partial charge on any atom is -0.379 e. The predicted octanol–water partition coefficient (Wildman–Crippen LogP) is 1.79. The van der Waals surface area contributed by atoms with E-state index in [2.05, 4.69) is 4.90 Å². The largest absolute Gasteiger partial charge is 0.379 e. The topological polar surface area (TPSA) is 29.5 Å². The van der Waals surface area contributed by atoms with Crippen LogP contribution in [-0.2, 0) is 22.5 Å². The highest BCUT2D eigenvalue weighted by molar-refractivity contribution is 5.50. The van der Waals surface area contributed by atoms with Crippen molar-refractivity contribution in [3.05, 3.63) is 35.1 Å². The third kappa shape index (κ3) is 3.62. The van der Waals surface area contributed by atoms with Gasteiger partial charge in [-0.1, -0.05) is 12.1 Å². The number of rotatable bonds is 5. The summed E-state index contributed by atoms with van der Waals surface area (Å²) in [6.07, 6.45) is 1.92. The number of hydrogen-bond donors (Lipinski definition) is 0. The molecule has 0 bridgehead atoms. The molecule has 0 spiro atoms. The molecule has 0 N–H and O–H groups in total. The number of nitrogens with zero attached hydrogens (tertiary/aromatic N) is 1. The molecule has 1 heterocycles. The summed E-state index contributed by atoms with van der Waals surface area (Å²) in [5.74, 6) is -0.176. The molecule has 1 saturated heterocycles. The van der Waals surface area contributed by atoms with Crippen molar-refractivity contribution in [2.45, 2.75) is 19.4 Å². The second-order valence-corrected chi connectivity index (χ2v) is 4.52. The van der Waals surface area contributed by atoms with Crippen LogP contribution >= 0.6 is 0 Å². The van der Waals surface area contributed by atoms with Crippen LogP contribution < -0.4 is 0 Å². The number of carbonyl (C=O) groups excluding carboxylic acids is 1. The number of halogens is 1. The number of aryl methyl sites for hydroxylation is 1. The fraction of sp³-hybridized carbons (Fsp3) is 0.500. The monoisotopic (exact) mass is 251 g/mol. The Morgan fingerprint density at radius 2 is 2.11 bits per heavy atom. The molecule has 1 aromatic carbocycles. The predicted molar refractivity (Wildman–Crippen MR) is 66.9 cm³/mol. The van der Waals surface area contributed by atoms with Gasteiger partial charge >= 0.3 is 0 Å². The molecule has 1 aliphatic rings. The summed E-state index contributed by atoms with van der Waals surface area (Å²) in [6.45, 7) is 3.78. The van der Waals surface area contributed by atoms with Crippen LogP contribution in [-0.4, -0.2) is 37.5 Å². The van der Waals surface area contributed by atoms with Gasteiger partial charge in [-0.2, -0.15) is 0 Å². The maximum atomic E-state index is 13.9. The lowest BCUT2D eigenvalue weighted by Gasteiger charge is -2.26. The Balaban J connectivity index is 1.97. The highest BCUT2D eigenvalue weighted by Crippen LogP contribution is 2.14. The fourth-order valence-corrected chi connectivity index (χ4v) is 2.10. The molecule has 18 heavy (non-hydrogen) atoms. The van der Waals surface area contributed by atoms with E-state index in [1.807, 2.05) is 12.1 Å². The van der Waals surface area contributed by atoms with E-state index in [0.717, 1.165) is 38.2 Å². The molecule has 1 aliphatic heterocycles. The zero-order valence-corrected chi connectivity index (χ0v) is 10.4. The van der Waals surface area contributed by atoms with Gasteiger partial charge in [0, 0.05) is 31.6 Å². The number of carbonyl (C=O) groups is 1. The Kier molecular flexibility index (Phi) is 4.84. The van der Waals surface area contributed by atoms with Crippen molar-refractivity contribution in [3.63, 3.8) is 0 Å². The van der Waals surface area contributed by atoms with E-state index < -0.39 is 0 Å². The maximum Gasteiger partial charge on any atom is 0.127 e. The number of benzene rings is 1. The van der Waals surface area contributed by atoms with E-state index in [1.54, 1.807) is 6.07 Å². The molecule has 0 aromatic heterocycles. The maximum absolute atomic E-state index is 13.9. The molecule has 0 saturated carbocycles. The van der Waals surface area contributed by atoms with Crippen LogP contribution in [0.2, 0.25) is 0 Å². The van der Waals surface area contributed by atoms with Crippen LogP contribution in [0.1, 0.15) is 17.5 Å². The average Bonchev–Trinajstić information content (AvgIpc) is 2.40. The van der Waals surface area contributed by atoms with Gasteiger partial charge in [0.15, 0.2) is 0 Å². The molecule has 3 nitrogen and oxygen atoms in total. The molecule has 0 unspecified atom stereocenters. The van der Waals surface area contributed by atoms with E-state index in [1.165, 1.54) is 0 Å². The molecule has 0 atom stereocenters. The van der Waals surface area contributed by atoms with Crippen LogP contribution in [0.25, 0.3) is 0 Å². The molecule has 4 heteroatoms. The molecule has 1 fully saturated rings. The van der Waals surface area contributed by atoms with E-state index >= 15 is 0 Å². The Hall–Kier alpha value is -1.26. The first-order chi connectivity index (χ1) is 8.79. The fourth-order valence-electron chi connectivity index (χ4n) is 2.10. The average molecular weight is 251 g/mol. The van der Waals surface area contributed by atoms with Crippen molar-refractivity contribution >= 4 is 6.29 Å². The lowest BCUT2D eigenvalue weighted by molar-refractivity contribution is -0.107. The molecule has 0 aliphatic carbocycles. The minimum atomic E-state index is -0.176. The zero-order chi connectivity index (χ0) is 12.8. The van der Waals surface area contributed by atoms with Crippen LogP contribution in [0.15, 0.2) is 18.2 Å².